The first-order valence-corrected chi connectivity index (χ1v) is 13.5. The molecule has 3 heterocycles. The molecule has 6 rings (SSSR count). The Kier molecular flexibility index (Phi) is 6.17. The van der Waals surface area contributed by atoms with Gasteiger partial charge in [-0.25, -0.2) is 4.98 Å². The van der Waals surface area contributed by atoms with Gasteiger partial charge in [0, 0.05) is 29.4 Å². The zero-order chi connectivity index (χ0) is 27.7. The van der Waals surface area contributed by atoms with Crippen LogP contribution < -0.4 is 10.1 Å². The third-order valence-corrected chi connectivity index (χ3v) is 8.67. The van der Waals surface area contributed by atoms with Crippen molar-refractivity contribution in [3.63, 3.8) is 0 Å². The van der Waals surface area contributed by atoms with Gasteiger partial charge in [0.2, 0.25) is 5.91 Å². The molecular formula is C28H30ClF3N4O3. The van der Waals surface area contributed by atoms with Crippen molar-refractivity contribution in [2.75, 3.05) is 25.0 Å². The van der Waals surface area contributed by atoms with Gasteiger partial charge in [0.15, 0.2) is 0 Å². The van der Waals surface area contributed by atoms with Crippen LogP contribution in [0.5, 0.6) is 5.75 Å². The fourth-order valence-corrected chi connectivity index (χ4v) is 6.66. The molecule has 2 aromatic carbocycles. The lowest BCUT2D eigenvalue weighted by molar-refractivity contribution is -0.136. The molecule has 7 nitrogen and oxygen atoms in total. The predicted octanol–water partition coefficient (Wildman–Crippen LogP) is 5.55. The highest BCUT2D eigenvalue weighted by Gasteiger charge is 2.48. The van der Waals surface area contributed by atoms with E-state index in [0.29, 0.717) is 50.3 Å². The third kappa shape index (κ3) is 4.66. The largest absolute Gasteiger partial charge is 0.489 e. The Balaban J connectivity index is 1.16. The summed E-state index contributed by atoms with van der Waals surface area (Å²) in [6.45, 7) is 5.31. The van der Waals surface area contributed by atoms with Gasteiger partial charge < -0.3 is 19.7 Å². The highest BCUT2D eigenvalue weighted by Crippen LogP contribution is 2.47. The van der Waals surface area contributed by atoms with Crippen molar-refractivity contribution in [1.82, 2.24) is 14.5 Å². The van der Waals surface area contributed by atoms with Crippen molar-refractivity contribution in [1.29, 1.82) is 0 Å². The van der Waals surface area contributed by atoms with Gasteiger partial charge in [0.25, 0.3) is 0 Å². The molecule has 3 aliphatic rings. The number of aromatic nitrogens is 2. The van der Waals surface area contributed by atoms with Gasteiger partial charge in [-0.1, -0.05) is 11.6 Å². The summed E-state index contributed by atoms with van der Waals surface area (Å²) in [7, 11) is 0. The first kappa shape index (κ1) is 26.4. The molecule has 2 aliphatic heterocycles. The molecule has 1 saturated carbocycles. The lowest BCUT2D eigenvalue weighted by Gasteiger charge is -2.41. The first-order valence-electron chi connectivity index (χ1n) is 13.2. The summed E-state index contributed by atoms with van der Waals surface area (Å²) in [6, 6.07) is 7.81. The number of ether oxygens (including phenoxy) is 1. The van der Waals surface area contributed by atoms with Gasteiger partial charge >= 0.3 is 6.18 Å². The number of hydrogen-bond acceptors (Lipinski definition) is 5. The number of amides is 1. The van der Waals surface area contributed by atoms with E-state index < -0.39 is 22.8 Å². The molecule has 1 spiro atoms. The van der Waals surface area contributed by atoms with Crippen molar-refractivity contribution < 1.29 is 27.8 Å². The minimum Gasteiger partial charge on any atom is -0.489 e. The van der Waals surface area contributed by atoms with Crippen LogP contribution in [-0.4, -0.2) is 56.8 Å². The summed E-state index contributed by atoms with van der Waals surface area (Å²) >= 11 is 6.21. The molecular weight excluding hydrogens is 533 g/mol. The molecule has 208 valence electrons. The normalized spacial score (nSPS) is 25.4. The summed E-state index contributed by atoms with van der Waals surface area (Å²) in [4.78, 5) is 19.3. The second-order valence-electron chi connectivity index (χ2n) is 11.5. The number of piperidine rings is 1. The minimum absolute atomic E-state index is 0.0124. The number of nitrogens with one attached hydrogen (secondary N) is 1. The Hall–Kier alpha value is -2.82. The van der Waals surface area contributed by atoms with Crippen LogP contribution >= 0.6 is 11.6 Å². The Morgan fingerprint density at radius 3 is 2.62 bits per heavy atom. The molecule has 2 N–H and O–H groups in total. The fourth-order valence-electron chi connectivity index (χ4n) is 6.49. The molecule has 0 bridgehead atoms. The standard InChI is InChI=1S/C28H30ClF3N4O3/c1-16(14-35-7-5-27(6-8-35)20-9-17(29)3-4-22(20)34-25(27)37)39-19-10-21(28(30,31)32)24-23(11-19)33-15-36(24)18-12-26(2,38)13-18/h3-4,9-11,15-16,18,38H,5-8,12-14H2,1-2H3,(H,34,37)/t16-,18?,26?/m0/s1. The van der Waals surface area contributed by atoms with Crippen molar-refractivity contribution >= 4 is 34.2 Å². The number of anilines is 1. The van der Waals surface area contributed by atoms with Crippen LogP contribution in [0.3, 0.4) is 0 Å². The van der Waals surface area contributed by atoms with E-state index in [1.807, 2.05) is 19.1 Å². The van der Waals surface area contributed by atoms with E-state index in [4.69, 9.17) is 16.3 Å². The average molecular weight is 563 g/mol. The van der Waals surface area contributed by atoms with Crippen LogP contribution in [0.15, 0.2) is 36.7 Å². The lowest BCUT2D eigenvalue weighted by Crippen LogP contribution is -2.48. The fraction of sp³-hybridized carbons (Fsp3) is 0.500. The van der Waals surface area contributed by atoms with E-state index in [1.54, 1.807) is 19.1 Å². The van der Waals surface area contributed by atoms with Gasteiger partial charge in [-0.2, -0.15) is 13.2 Å². The summed E-state index contributed by atoms with van der Waals surface area (Å²) in [6.07, 6.45) is -1.57. The number of alkyl halides is 3. The molecule has 0 unspecified atom stereocenters. The zero-order valence-electron chi connectivity index (χ0n) is 21.7. The smallest absolute Gasteiger partial charge is 0.418 e. The van der Waals surface area contributed by atoms with Crippen LogP contribution in [0.25, 0.3) is 11.0 Å². The van der Waals surface area contributed by atoms with Gasteiger partial charge in [-0.3, -0.25) is 9.69 Å². The molecule has 2 fully saturated rings. The number of fused-ring (bicyclic) bond motifs is 3. The van der Waals surface area contributed by atoms with Gasteiger partial charge in [0.1, 0.15) is 11.9 Å². The molecule has 1 amide bonds. The summed E-state index contributed by atoms with van der Waals surface area (Å²) in [5.41, 5.74) is -0.319. The van der Waals surface area contributed by atoms with Crippen LogP contribution in [0.2, 0.25) is 5.02 Å². The number of hydrogen-bond donors (Lipinski definition) is 2. The molecule has 11 heteroatoms. The number of rotatable bonds is 5. The number of likely N-dealkylation sites (tertiary alicyclic amines) is 1. The van der Waals surface area contributed by atoms with E-state index in [9.17, 15) is 23.1 Å². The van der Waals surface area contributed by atoms with E-state index in [2.05, 4.69) is 15.2 Å². The van der Waals surface area contributed by atoms with E-state index in [-0.39, 0.29) is 34.8 Å². The van der Waals surface area contributed by atoms with Gasteiger partial charge in [-0.05, 0) is 82.4 Å². The number of carbonyl (C=O) groups excluding carboxylic acids is 1. The topological polar surface area (TPSA) is 79.6 Å². The molecule has 1 aliphatic carbocycles. The maximum absolute atomic E-state index is 14.1. The number of imidazole rings is 1. The molecule has 1 aromatic heterocycles. The molecule has 0 radical (unpaired) electrons. The highest BCUT2D eigenvalue weighted by atomic mass is 35.5. The third-order valence-electron chi connectivity index (χ3n) is 8.43. The second kappa shape index (κ2) is 9.11. The molecule has 1 atom stereocenters. The molecule has 3 aromatic rings. The zero-order valence-corrected chi connectivity index (χ0v) is 22.4. The number of nitrogens with zero attached hydrogens (tertiary/aromatic N) is 3. The van der Waals surface area contributed by atoms with Crippen molar-refractivity contribution in [2.45, 2.75) is 68.9 Å². The number of benzene rings is 2. The van der Waals surface area contributed by atoms with Crippen molar-refractivity contribution in [3.8, 4) is 5.75 Å². The van der Waals surface area contributed by atoms with E-state index in [1.165, 1.54) is 10.9 Å². The SMILES string of the molecule is C[C@@H](CN1CCC2(CC1)C(=O)Nc1ccc(Cl)cc12)Oc1cc(C(F)(F)F)c2c(c1)ncn2C1CC(C)(O)C1. The summed E-state index contributed by atoms with van der Waals surface area (Å²) in [5.74, 6) is 0.0991. The Morgan fingerprint density at radius 1 is 1.23 bits per heavy atom. The maximum atomic E-state index is 14.1. The van der Waals surface area contributed by atoms with Crippen LogP contribution in [0.4, 0.5) is 18.9 Å². The van der Waals surface area contributed by atoms with E-state index >= 15 is 0 Å². The summed E-state index contributed by atoms with van der Waals surface area (Å²) < 4.78 is 49.9. The highest BCUT2D eigenvalue weighted by molar-refractivity contribution is 6.31. The number of carbonyl (C=O) groups is 1. The van der Waals surface area contributed by atoms with Crippen molar-refractivity contribution in [3.05, 3.63) is 52.8 Å². The summed E-state index contributed by atoms with van der Waals surface area (Å²) in [5, 5.41) is 13.6. The average Bonchev–Trinajstić information content (AvgIpc) is 3.37. The monoisotopic (exact) mass is 562 g/mol. The van der Waals surface area contributed by atoms with Gasteiger partial charge in [-0.15, -0.1) is 0 Å². The van der Waals surface area contributed by atoms with Crippen LogP contribution in [0.1, 0.15) is 56.7 Å². The van der Waals surface area contributed by atoms with E-state index in [0.717, 1.165) is 17.3 Å². The maximum Gasteiger partial charge on any atom is 0.418 e. The van der Waals surface area contributed by atoms with Gasteiger partial charge in [0.05, 0.1) is 33.9 Å². The Morgan fingerprint density at radius 2 is 1.95 bits per heavy atom. The lowest BCUT2D eigenvalue weighted by atomic mass is 9.73. The van der Waals surface area contributed by atoms with Crippen LogP contribution in [0, 0.1) is 0 Å². The molecule has 1 saturated heterocycles. The van der Waals surface area contributed by atoms with Crippen LogP contribution in [-0.2, 0) is 16.4 Å². The second-order valence-corrected chi connectivity index (χ2v) is 11.9. The predicted molar refractivity (Wildman–Crippen MR) is 141 cm³/mol. The molecule has 39 heavy (non-hydrogen) atoms. The Bertz CT molecular complexity index is 1440. The van der Waals surface area contributed by atoms with Crippen molar-refractivity contribution in [2.24, 2.45) is 0 Å². The number of halogens is 4. The first-order chi connectivity index (χ1) is 18.3. The quantitative estimate of drug-likeness (QED) is 0.426. The Labute approximate surface area is 228 Å². The minimum atomic E-state index is -4.59. The number of aliphatic hydroxyl groups is 1.